The van der Waals surface area contributed by atoms with Crippen LogP contribution in [0.1, 0.15) is 29.3 Å². The molecule has 0 bridgehead atoms. The Morgan fingerprint density at radius 2 is 2.17 bits per heavy atom. The van der Waals surface area contributed by atoms with Gasteiger partial charge in [0.2, 0.25) is 0 Å². The van der Waals surface area contributed by atoms with Crippen LogP contribution in [0.15, 0.2) is 18.2 Å². The minimum absolute atomic E-state index is 0.113. The third-order valence-electron chi connectivity index (χ3n) is 2.91. The van der Waals surface area contributed by atoms with E-state index in [-0.39, 0.29) is 11.9 Å². The molecule has 3 nitrogen and oxygen atoms in total. The number of carbonyl (C=O) groups is 1. The van der Waals surface area contributed by atoms with Crippen LogP contribution < -0.4 is 5.73 Å². The van der Waals surface area contributed by atoms with Gasteiger partial charge in [0.05, 0.1) is 4.99 Å². The minimum Gasteiger partial charge on any atom is -0.393 e. The van der Waals surface area contributed by atoms with Crippen LogP contribution in [-0.4, -0.2) is 28.9 Å². The lowest BCUT2D eigenvalue weighted by atomic mass is 10.1. The van der Waals surface area contributed by atoms with Gasteiger partial charge in [0.15, 0.2) is 0 Å². The van der Waals surface area contributed by atoms with Crippen LogP contribution in [0.5, 0.6) is 0 Å². The molecule has 1 rings (SSSR count). The number of nitrogens with zero attached hydrogens (tertiary/aromatic N) is 1. The van der Waals surface area contributed by atoms with E-state index in [4.69, 9.17) is 18.0 Å². The van der Waals surface area contributed by atoms with Gasteiger partial charge in [0.1, 0.15) is 5.82 Å². The van der Waals surface area contributed by atoms with E-state index in [0.717, 1.165) is 5.56 Å². The van der Waals surface area contributed by atoms with Crippen LogP contribution in [0, 0.1) is 12.7 Å². The standard InChI is InChI=1S/C13H17FN2OS/c1-8-4-5-10(14)7-11(8)13(17)16(3)9(2)6-12(15)18/h4-5,7,9H,6H2,1-3H3,(H2,15,18). The number of amides is 1. The monoisotopic (exact) mass is 268 g/mol. The Morgan fingerprint density at radius 1 is 1.56 bits per heavy atom. The van der Waals surface area contributed by atoms with Gasteiger partial charge in [-0.05, 0) is 31.5 Å². The van der Waals surface area contributed by atoms with E-state index in [9.17, 15) is 9.18 Å². The van der Waals surface area contributed by atoms with Crippen LogP contribution in [0.4, 0.5) is 4.39 Å². The first-order chi connectivity index (χ1) is 8.32. The van der Waals surface area contributed by atoms with Crippen molar-refractivity contribution in [2.75, 3.05) is 7.05 Å². The van der Waals surface area contributed by atoms with Gasteiger partial charge >= 0.3 is 0 Å². The van der Waals surface area contributed by atoms with Gasteiger partial charge in [0, 0.05) is 25.1 Å². The van der Waals surface area contributed by atoms with Crippen molar-refractivity contribution in [3.63, 3.8) is 0 Å². The highest BCUT2D eigenvalue weighted by Gasteiger charge is 2.19. The zero-order valence-electron chi connectivity index (χ0n) is 10.7. The first-order valence-corrected chi connectivity index (χ1v) is 6.05. The van der Waals surface area contributed by atoms with Crippen molar-refractivity contribution < 1.29 is 9.18 Å². The second-order valence-corrected chi connectivity index (χ2v) is 4.92. The zero-order chi connectivity index (χ0) is 13.9. The van der Waals surface area contributed by atoms with Gasteiger partial charge < -0.3 is 10.6 Å². The normalized spacial score (nSPS) is 12.0. The fourth-order valence-corrected chi connectivity index (χ4v) is 1.88. The maximum absolute atomic E-state index is 13.2. The first-order valence-electron chi connectivity index (χ1n) is 5.64. The molecule has 1 aromatic rings. The number of thiocarbonyl (C=S) groups is 1. The highest BCUT2D eigenvalue weighted by atomic mass is 32.1. The lowest BCUT2D eigenvalue weighted by molar-refractivity contribution is 0.0747. The smallest absolute Gasteiger partial charge is 0.254 e. The number of halogens is 1. The van der Waals surface area contributed by atoms with Crippen molar-refractivity contribution >= 4 is 23.1 Å². The molecule has 5 heteroatoms. The van der Waals surface area contributed by atoms with Gasteiger partial charge in [-0.25, -0.2) is 4.39 Å². The first kappa shape index (κ1) is 14.6. The number of carbonyl (C=O) groups excluding carboxylic acids is 1. The molecule has 0 saturated heterocycles. The molecule has 0 aliphatic carbocycles. The van der Waals surface area contributed by atoms with Crippen LogP contribution in [0.2, 0.25) is 0 Å². The summed E-state index contributed by atoms with van der Waals surface area (Å²) in [5, 5.41) is 0. The molecule has 0 radical (unpaired) electrons. The predicted octanol–water partition coefficient (Wildman–Crippen LogP) is 2.27. The largest absolute Gasteiger partial charge is 0.393 e. The van der Waals surface area contributed by atoms with E-state index in [0.29, 0.717) is 17.0 Å². The molecule has 0 aromatic heterocycles. The lowest BCUT2D eigenvalue weighted by Gasteiger charge is -2.25. The summed E-state index contributed by atoms with van der Waals surface area (Å²) in [4.78, 5) is 14.1. The van der Waals surface area contributed by atoms with Crippen LogP contribution in [0.3, 0.4) is 0 Å². The van der Waals surface area contributed by atoms with E-state index in [2.05, 4.69) is 0 Å². The van der Waals surface area contributed by atoms with Gasteiger partial charge in [0.25, 0.3) is 5.91 Å². The number of rotatable bonds is 4. The summed E-state index contributed by atoms with van der Waals surface area (Å²) in [6.07, 6.45) is 0.450. The Morgan fingerprint density at radius 3 is 2.72 bits per heavy atom. The summed E-state index contributed by atoms with van der Waals surface area (Å²) >= 11 is 4.82. The third kappa shape index (κ3) is 3.50. The Kier molecular flexibility index (Phi) is 4.78. The number of nitrogens with two attached hydrogens (primary N) is 1. The molecule has 1 aromatic carbocycles. The minimum atomic E-state index is -0.417. The molecule has 0 saturated carbocycles. The summed E-state index contributed by atoms with van der Waals surface area (Å²) in [5.74, 6) is -0.643. The highest BCUT2D eigenvalue weighted by molar-refractivity contribution is 7.80. The van der Waals surface area contributed by atoms with E-state index in [1.807, 2.05) is 6.92 Å². The number of hydrogen-bond acceptors (Lipinski definition) is 2. The van der Waals surface area contributed by atoms with Crippen molar-refractivity contribution in [2.45, 2.75) is 26.3 Å². The Labute approximate surface area is 112 Å². The second kappa shape index (κ2) is 5.91. The van der Waals surface area contributed by atoms with E-state index in [1.165, 1.54) is 17.0 Å². The number of benzene rings is 1. The molecule has 98 valence electrons. The Bertz CT molecular complexity index is 476. The molecule has 1 unspecified atom stereocenters. The molecule has 0 aliphatic rings. The molecule has 0 fully saturated rings. The Hall–Kier alpha value is -1.49. The van der Waals surface area contributed by atoms with Crippen molar-refractivity contribution in [1.29, 1.82) is 0 Å². The van der Waals surface area contributed by atoms with Gasteiger partial charge in [-0.15, -0.1) is 0 Å². The number of aryl methyl sites for hydroxylation is 1. The van der Waals surface area contributed by atoms with Crippen LogP contribution in [0.25, 0.3) is 0 Å². The summed E-state index contributed by atoms with van der Waals surface area (Å²) in [5.41, 5.74) is 6.57. The van der Waals surface area contributed by atoms with Crippen molar-refractivity contribution in [3.05, 3.63) is 35.1 Å². The quantitative estimate of drug-likeness (QED) is 0.852. The summed E-state index contributed by atoms with van der Waals surface area (Å²) < 4.78 is 13.2. The molecule has 0 spiro atoms. The van der Waals surface area contributed by atoms with Gasteiger partial charge in [-0.3, -0.25) is 4.79 Å². The van der Waals surface area contributed by atoms with E-state index >= 15 is 0 Å². The molecule has 2 N–H and O–H groups in total. The molecule has 18 heavy (non-hydrogen) atoms. The van der Waals surface area contributed by atoms with Crippen molar-refractivity contribution in [3.8, 4) is 0 Å². The zero-order valence-corrected chi connectivity index (χ0v) is 11.6. The van der Waals surface area contributed by atoms with E-state index < -0.39 is 5.82 Å². The summed E-state index contributed by atoms with van der Waals surface area (Å²) in [7, 11) is 1.66. The lowest BCUT2D eigenvalue weighted by Crippen LogP contribution is -2.37. The Balaban J connectivity index is 2.92. The van der Waals surface area contributed by atoms with Gasteiger partial charge in [-0.1, -0.05) is 18.3 Å². The SMILES string of the molecule is Cc1ccc(F)cc1C(=O)N(C)C(C)CC(N)=S. The molecule has 1 amide bonds. The fourth-order valence-electron chi connectivity index (χ4n) is 1.64. The molecule has 0 heterocycles. The fraction of sp³-hybridized carbons (Fsp3) is 0.385. The maximum Gasteiger partial charge on any atom is 0.254 e. The second-order valence-electron chi connectivity index (χ2n) is 4.39. The van der Waals surface area contributed by atoms with Crippen LogP contribution in [-0.2, 0) is 0 Å². The molecular formula is C13H17FN2OS. The average Bonchev–Trinajstić information content (AvgIpc) is 2.29. The van der Waals surface area contributed by atoms with Crippen LogP contribution >= 0.6 is 12.2 Å². The molecular weight excluding hydrogens is 251 g/mol. The van der Waals surface area contributed by atoms with Crippen molar-refractivity contribution in [2.24, 2.45) is 5.73 Å². The van der Waals surface area contributed by atoms with Gasteiger partial charge in [-0.2, -0.15) is 0 Å². The third-order valence-corrected chi connectivity index (χ3v) is 3.07. The predicted molar refractivity (Wildman–Crippen MR) is 74.1 cm³/mol. The molecule has 1 atom stereocenters. The maximum atomic E-state index is 13.2. The average molecular weight is 268 g/mol. The highest BCUT2D eigenvalue weighted by Crippen LogP contribution is 2.14. The molecule has 0 aliphatic heterocycles. The topological polar surface area (TPSA) is 46.3 Å². The van der Waals surface area contributed by atoms with E-state index in [1.54, 1.807) is 20.0 Å². The number of hydrogen-bond donors (Lipinski definition) is 1. The van der Waals surface area contributed by atoms with Crippen molar-refractivity contribution in [1.82, 2.24) is 4.90 Å². The summed E-state index contributed by atoms with van der Waals surface area (Å²) in [6.45, 7) is 3.63. The summed E-state index contributed by atoms with van der Waals surface area (Å²) in [6, 6.07) is 4.07.